The number of anilines is 1. The largest absolute Gasteiger partial charge is 0.371 e. The van der Waals surface area contributed by atoms with Gasteiger partial charge in [0.15, 0.2) is 11.5 Å². The quantitative estimate of drug-likeness (QED) is 0.467. The monoisotopic (exact) mass is 524 g/mol. The van der Waals surface area contributed by atoms with Gasteiger partial charge in [-0.15, -0.1) is 0 Å². The zero-order valence-electron chi connectivity index (χ0n) is 22.3. The average molecular weight is 525 g/mol. The molecule has 0 atom stereocenters. The lowest BCUT2D eigenvalue weighted by molar-refractivity contribution is 0.214. The number of piperidine rings is 1. The van der Waals surface area contributed by atoms with Crippen LogP contribution in [0, 0.1) is 33.6 Å². The van der Waals surface area contributed by atoms with Gasteiger partial charge >= 0.3 is 0 Å². The first-order chi connectivity index (χ1) is 17.7. The molecule has 0 unspecified atom stereocenters. The van der Waals surface area contributed by atoms with Gasteiger partial charge in [0.2, 0.25) is 0 Å². The minimum Gasteiger partial charge on any atom is -0.371 e. The highest BCUT2D eigenvalue weighted by Gasteiger charge is 2.31. The van der Waals surface area contributed by atoms with E-state index in [2.05, 4.69) is 45.3 Å². The number of imidazole rings is 1. The molecular weight excluding hydrogens is 488 g/mol. The number of hydrogen-bond acceptors (Lipinski definition) is 7. The van der Waals surface area contributed by atoms with Crippen LogP contribution in [0.2, 0.25) is 0 Å². The summed E-state index contributed by atoms with van der Waals surface area (Å²) in [6, 6.07) is 2.09. The molecule has 0 saturated carbocycles. The van der Waals surface area contributed by atoms with Gasteiger partial charge in [-0.3, -0.25) is 4.72 Å². The first-order valence-electron chi connectivity index (χ1n) is 13.1. The summed E-state index contributed by atoms with van der Waals surface area (Å²) in [6.07, 6.45) is 8.25. The zero-order chi connectivity index (χ0) is 26.3. The number of nitrogens with zero attached hydrogens (tertiary/aromatic N) is 5. The summed E-state index contributed by atoms with van der Waals surface area (Å²) in [5.41, 5.74) is 5.65. The van der Waals surface area contributed by atoms with Crippen molar-refractivity contribution in [2.45, 2.75) is 73.3 Å². The Morgan fingerprint density at radius 3 is 2.49 bits per heavy atom. The molecule has 1 N–H and O–H groups in total. The minimum absolute atomic E-state index is 0.250. The highest BCUT2D eigenvalue weighted by Crippen LogP contribution is 2.33. The van der Waals surface area contributed by atoms with Crippen molar-refractivity contribution in [3.63, 3.8) is 0 Å². The summed E-state index contributed by atoms with van der Waals surface area (Å²) in [5.74, 6) is 2.41. The number of nitrogens with one attached hydrogen (secondary N) is 1. The molecule has 0 spiro atoms. The molecule has 3 aromatic heterocycles. The molecule has 0 radical (unpaired) electrons. The van der Waals surface area contributed by atoms with Gasteiger partial charge in [-0.25, -0.2) is 18.4 Å². The standard InChI is InChI=1S/C27H36N6O3S/c1-6-24-29-25-17(2)15-18(3)28-27(25)33(24)16-21-11-13-32(14-12-21)22-9-7-8-10-23(22)37(34,35)31-26-19(4)20(5)36-30-26/h9-10,15,21H,6-8,11-14,16H2,1-5H3,(H,30,31). The van der Waals surface area contributed by atoms with Gasteiger partial charge in [0.05, 0.1) is 5.70 Å². The van der Waals surface area contributed by atoms with Crippen LogP contribution < -0.4 is 4.72 Å². The van der Waals surface area contributed by atoms with Crippen LogP contribution in [0.4, 0.5) is 5.82 Å². The van der Waals surface area contributed by atoms with Crippen LogP contribution in [-0.4, -0.2) is 46.1 Å². The number of pyridine rings is 1. The van der Waals surface area contributed by atoms with Crippen LogP contribution >= 0.6 is 0 Å². The molecule has 0 aromatic carbocycles. The van der Waals surface area contributed by atoms with Crippen LogP contribution in [0.15, 0.2) is 33.3 Å². The summed E-state index contributed by atoms with van der Waals surface area (Å²) in [4.78, 5) is 12.3. The van der Waals surface area contributed by atoms with Gasteiger partial charge in [-0.2, -0.15) is 0 Å². The molecule has 1 fully saturated rings. The third-order valence-electron chi connectivity index (χ3n) is 7.58. The van der Waals surface area contributed by atoms with Crippen molar-refractivity contribution in [1.29, 1.82) is 0 Å². The fourth-order valence-corrected chi connectivity index (χ4v) is 6.77. The molecule has 3 aromatic rings. The Labute approximate surface area is 218 Å². The van der Waals surface area contributed by atoms with Crippen molar-refractivity contribution in [3.8, 4) is 0 Å². The third kappa shape index (κ3) is 4.91. The molecule has 2 aliphatic rings. The predicted molar refractivity (Wildman–Crippen MR) is 145 cm³/mol. The number of fused-ring (bicyclic) bond motifs is 1. The molecule has 4 heterocycles. The lowest BCUT2D eigenvalue weighted by Gasteiger charge is -2.37. The fraction of sp³-hybridized carbons (Fsp3) is 0.519. The summed E-state index contributed by atoms with van der Waals surface area (Å²) >= 11 is 0. The molecule has 198 valence electrons. The van der Waals surface area contributed by atoms with E-state index in [4.69, 9.17) is 14.5 Å². The Balaban J connectivity index is 1.30. The van der Waals surface area contributed by atoms with Gasteiger partial charge < -0.3 is 14.0 Å². The third-order valence-corrected chi connectivity index (χ3v) is 8.99. The van der Waals surface area contributed by atoms with Crippen molar-refractivity contribution < 1.29 is 12.9 Å². The SMILES string of the molecule is CCc1nc2c(C)cc(C)nc2n1CC1CCN(C2=CCCC=C2S(=O)(=O)Nc2noc(C)c2C)CC1. The highest BCUT2D eigenvalue weighted by atomic mass is 32.2. The van der Waals surface area contributed by atoms with Gasteiger partial charge in [-0.1, -0.05) is 24.2 Å². The van der Waals surface area contributed by atoms with E-state index in [9.17, 15) is 8.42 Å². The van der Waals surface area contributed by atoms with E-state index in [1.165, 1.54) is 5.56 Å². The second-order valence-corrected chi connectivity index (χ2v) is 11.9. The van der Waals surface area contributed by atoms with E-state index in [1.807, 2.05) is 13.0 Å². The second-order valence-electron chi connectivity index (χ2n) is 10.2. The van der Waals surface area contributed by atoms with Crippen LogP contribution in [0.5, 0.6) is 0 Å². The van der Waals surface area contributed by atoms with E-state index >= 15 is 0 Å². The van der Waals surface area contributed by atoms with E-state index in [0.717, 1.165) is 73.7 Å². The van der Waals surface area contributed by atoms with E-state index < -0.39 is 10.0 Å². The maximum atomic E-state index is 13.3. The average Bonchev–Trinajstić information content (AvgIpc) is 3.39. The zero-order valence-corrected chi connectivity index (χ0v) is 23.2. The van der Waals surface area contributed by atoms with E-state index in [0.29, 0.717) is 28.6 Å². The molecule has 9 nitrogen and oxygen atoms in total. The lowest BCUT2D eigenvalue weighted by atomic mass is 9.95. The van der Waals surface area contributed by atoms with Crippen LogP contribution in [0.3, 0.4) is 0 Å². The number of aromatic nitrogens is 4. The number of allylic oxidation sites excluding steroid dienone is 2. The summed E-state index contributed by atoms with van der Waals surface area (Å²) < 4.78 is 36.8. The van der Waals surface area contributed by atoms with Gasteiger partial charge in [0.25, 0.3) is 10.0 Å². The van der Waals surface area contributed by atoms with Crippen molar-refractivity contribution in [1.82, 2.24) is 24.6 Å². The van der Waals surface area contributed by atoms with Crippen LogP contribution in [0.1, 0.15) is 61.0 Å². The molecule has 1 aliphatic heterocycles. The maximum absolute atomic E-state index is 13.3. The van der Waals surface area contributed by atoms with E-state index in [1.54, 1.807) is 13.8 Å². The number of sulfonamides is 1. The van der Waals surface area contributed by atoms with Crippen LogP contribution in [-0.2, 0) is 23.0 Å². The Kier molecular flexibility index (Phi) is 6.87. The first kappa shape index (κ1) is 25.5. The van der Waals surface area contributed by atoms with E-state index in [-0.39, 0.29) is 5.82 Å². The molecule has 0 bridgehead atoms. The van der Waals surface area contributed by atoms with Crippen molar-refractivity contribution in [2.75, 3.05) is 17.8 Å². The molecule has 1 aliphatic carbocycles. The Morgan fingerprint density at radius 1 is 1.08 bits per heavy atom. The highest BCUT2D eigenvalue weighted by molar-refractivity contribution is 7.96. The molecule has 37 heavy (non-hydrogen) atoms. The normalized spacial score (nSPS) is 17.3. The Hall–Kier alpha value is -3.14. The Bertz CT molecular complexity index is 1490. The molecule has 5 rings (SSSR count). The first-order valence-corrected chi connectivity index (χ1v) is 14.6. The second kappa shape index (κ2) is 9.96. The van der Waals surface area contributed by atoms with Gasteiger partial charge in [0.1, 0.15) is 22.0 Å². The number of rotatable bonds is 7. The number of hydrogen-bond donors (Lipinski definition) is 1. The summed E-state index contributed by atoms with van der Waals surface area (Å²) in [6.45, 7) is 12.3. The summed E-state index contributed by atoms with van der Waals surface area (Å²) in [5, 5.41) is 3.89. The lowest BCUT2D eigenvalue weighted by Crippen LogP contribution is -2.37. The maximum Gasteiger partial charge on any atom is 0.264 e. The molecule has 0 amide bonds. The van der Waals surface area contributed by atoms with Crippen molar-refractivity contribution >= 4 is 27.0 Å². The minimum atomic E-state index is -3.78. The van der Waals surface area contributed by atoms with Crippen molar-refractivity contribution in [3.05, 3.63) is 57.2 Å². The van der Waals surface area contributed by atoms with Crippen LogP contribution in [0.25, 0.3) is 11.2 Å². The topological polar surface area (TPSA) is 106 Å². The Morgan fingerprint density at radius 2 is 1.81 bits per heavy atom. The fourth-order valence-electron chi connectivity index (χ4n) is 5.39. The molecule has 1 saturated heterocycles. The molecule has 10 heteroatoms. The molecular formula is C27H36N6O3S. The number of aryl methyl sites for hydroxylation is 4. The van der Waals surface area contributed by atoms with Gasteiger partial charge in [0, 0.05) is 37.3 Å². The summed E-state index contributed by atoms with van der Waals surface area (Å²) in [7, 11) is -3.78. The smallest absolute Gasteiger partial charge is 0.264 e. The van der Waals surface area contributed by atoms with Crippen molar-refractivity contribution in [2.24, 2.45) is 5.92 Å². The number of likely N-dealkylation sites (tertiary alicyclic amines) is 1. The predicted octanol–water partition coefficient (Wildman–Crippen LogP) is 4.93. The van der Waals surface area contributed by atoms with Gasteiger partial charge in [-0.05, 0) is 70.9 Å².